The van der Waals surface area contributed by atoms with E-state index in [0.717, 1.165) is 6.42 Å². The molecule has 0 aliphatic rings. The summed E-state index contributed by atoms with van der Waals surface area (Å²) in [4.78, 5) is 0. The summed E-state index contributed by atoms with van der Waals surface area (Å²) < 4.78 is 25.5. The van der Waals surface area contributed by atoms with E-state index in [1.54, 1.807) is 6.92 Å². The van der Waals surface area contributed by atoms with Gasteiger partial charge >= 0.3 is 0 Å². The van der Waals surface area contributed by atoms with Crippen molar-refractivity contribution in [1.29, 1.82) is 0 Å². The molecule has 80 valence electrons. The molecule has 0 aliphatic carbocycles. The van der Waals surface area contributed by atoms with Crippen LogP contribution in [0.1, 0.15) is 40.5 Å². The fourth-order valence-corrected chi connectivity index (χ4v) is 1.98. The Morgan fingerprint density at radius 2 is 1.77 bits per heavy atom. The van der Waals surface area contributed by atoms with Crippen LogP contribution in [0.5, 0.6) is 0 Å². The van der Waals surface area contributed by atoms with E-state index in [1.165, 1.54) is 0 Å². The Balaban J connectivity index is 3.91. The standard InChI is InChI=1S/C9H21NO2S/c1-5-9(4)13(11,12)10-7-6-8(2)3/h8-10H,5-7H2,1-4H3. The van der Waals surface area contributed by atoms with Crippen LogP contribution in [0, 0.1) is 5.92 Å². The molecule has 0 aromatic heterocycles. The summed E-state index contributed by atoms with van der Waals surface area (Å²) in [6.45, 7) is 8.34. The van der Waals surface area contributed by atoms with Crippen LogP contribution in [0.4, 0.5) is 0 Å². The first-order valence-corrected chi connectivity index (χ1v) is 6.43. The van der Waals surface area contributed by atoms with E-state index in [0.29, 0.717) is 18.9 Å². The lowest BCUT2D eigenvalue weighted by Gasteiger charge is -2.12. The quantitative estimate of drug-likeness (QED) is 0.721. The van der Waals surface area contributed by atoms with E-state index in [4.69, 9.17) is 0 Å². The number of hydrogen-bond acceptors (Lipinski definition) is 2. The molecule has 1 unspecified atom stereocenters. The molecule has 0 bridgehead atoms. The van der Waals surface area contributed by atoms with Crippen molar-refractivity contribution in [2.45, 2.75) is 45.8 Å². The lowest BCUT2D eigenvalue weighted by atomic mass is 10.1. The Morgan fingerprint density at radius 3 is 2.15 bits per heavy atom. The van der Waals surface area contributed by atoms with E-state index >= 15 is 0 Å². The Bertz CT molecular complexity index is 222. The van der Waals surface area contributed by atoms with Crippen molar-refractivity contribution in [1.82, 2.24) is 4.72 Å². The van der Waals surface area contributed by atoms with Gasteiger partial charge < -0.3 is 0 Å². The molecule has 0 saturated heterocycles. The summed E-state index contributed by atoms with van der Waals surface area (Å²) >= 11 is 0. The molecule has 0 aromatic rings. The van der Waals surface area contributed by atoms with Gasteiger partial charge in [0.05, 0.1) is 5.25 Å². The Kier molecular flexibility index (Phi) is 5.56. The van der Waals surface area contributed by atoms with Crippen molar-refractivity contribution >= 4 is 10.0 Å². The molecule has 0 radical (unpaired) electrons. The molecule has 13 heavy (non-hydrogen) atoms. The highest BCUT2D eigenvalue weighted by Crippen LogP contribution is 2.03. The van der Waals surface area contributed by atoms with E-state index in [9.17, 15) is 8.42 Å². The average Bonchev–Trinajstić information content (AvgIpc) is 2.01. The summed E-state index contributed by atoms with van der Waals surface area (Å²) in [5.74, 6) is 0.541. The zero-order valence-corrected chi connectivity index (χ0v) is 9.82. The van der Waals surface area contributed by atoms with Crippen molar-refractivity contribution in [2.75, 3.05) is 6.54 Å². The van der Waals surface area contributed by atoms with E-state index in [2.05, 4.69) is 18.6 Å². The number of hydrogen-bond donors (Lipinski definition) is 1. The van der Waals surface area contributed by atoms with Crippen molar-refractivity contribution in [3.63, 3.8) is 0 Å². The molecule has 0 aliphatic heterocycles. The van der Waals surface area contributed by atoms with Crippen LogP contribution in [0.15, 0.2) is 0 Å². The lowest BCUT2D eigenvalue weighted by Crippen LogP contribution is -2.33. The van der Waals surface area contributed by atoms with Gasteiger partial charge in [0.15, 0.2) is 0 Å². The second kappa shape index (κ2) is 5.60. The molecule has 0 fully saturated rings. The second-order valence-corrected chi connectivity index (χ2v) is 6.02. The fourth-order valence-electron chi connectivity index (χ4n) is 0.852. The lowest BCUT2D eigenvalue weighted by molar-refractivity contribution is 0.542. The second-order valence-electron chi connectivity index (χ2n) is 3.84. The first-order chi connectivity index (χ1) is 5.90. The highest BCUT2D eigenvalue weighted by atomic mass is 32.2. The van der Waals surface area contributed by atoms with Gasteiger partial charge in [-0.15, -0.1) is 0 Å². The predicted molar refractivity (Wildman–Crippen MR) is 56.1 cm³/mol. The van der Waals surface area contributed by atoms with Gasteiger partial charge in [-0.2, -0.15) is 0 Å². The smallest absolute Gasteiger partial charge is 0.214 e. The number of sulfonamides is 1. The van der Waals surface area contributed by atoms with Crippen LogP contribution < -0.4 is 4.72 Å². The van der Waals surface area contributed by atoms with Gasteiger partial charge in [0, 0.05) is 6.54 Å². The minimum atomic E-state index is -3.06. The third kappa shape index (κ3) is 5.26. The Labute approximate surface area is 82.0 Å². The van der Waals surface area contributed by atoms with E-state index in [1.807, 2.05) is 6.92 Å². The maximum atomic E-state index is 11.4. The molecule has 1 atom stereocenters. The predicted octanol–water partition coefficient (Wildman–Crippen LogP) is 1.75. The maximum Gasteiger partial charge on any atom is 0.214 e. The minimum Gasteiger partial charge on any atom is -0.215 e. The molecule has 3 nitrogen and oxygen atoms in total. The van der Waals surface area contributed by atoms with Crippen molar-refractivity contribution in [3.8, 4) is 0 Å². The highest BCUT2D eigenvalue weighted by molar-refractivity contribution is 7.90. The zero-order chi connectivity index (χ0) is 10.5. The minimum absolute atomic E-state index is 0.278. The Morgan fingerprint density at radius 1 is 1.23 bits per heavy atom. The van der Waals surface area contributed by atoms with Gasteiger partial charge in [-0.3, -0.25) is 0 Å². The number of rotatable bonds is 6. The zero-order valence-electron chi connectivity index (χ0n) is 9.00. The van der Waals surface area contributed by atoms with Crippen LogP contribution in [0.25, 0.3) is 0 Å². The molecule has 0 spiro atoms. The van der Waals surface area contributed by atoms with Crippen LogP contribution in [-0.2, 0) is 10.0 Å². The molecule has 1 N–H and O–H groups in total. The SMILES string of the molecule is CCC(C)S(=O)(=O)NCCC(C)C. The van der Waals surface area contributed by atoms with Crippen LogP contribution in [0.2, 0.25) is 0 Å². The van der Waals surface area contributed by atoms with Gasteiger partial charge in [-0.1, -0.05) is 20.8 Å². The molecule has 0 amide bonds. The van der Waals surface area contributed by atoms with Gasteiger partial charge in [0.2, 0.25) is 10.0 Å². The number of nitrogens with one attached hydrogen (secondary N) is 1. The third-order valence-corrected chi connectivity index (χ3v) is 4.13. The summed E-state index contributed by atoms with van der Waals surface area (Å²) in [6, 6.07) is 0. The fraction of sp³-hybridized carbons (Fsp3) is 1.00. The summed E-state index contributed by atoms with van der Waals surface area (Å²) in [7, 11) is -3.06. The van der Waals surface area contributed by atoms with E-state index < -0.39 is 10.0 Å². The molecule has 0 aromatic carbocycles. The first kappa shape index (κ1) is 12.9. The molecular formula is C9H21NO2S. The summed E-state index contributed by atoms with van der Waals surface area (Å²) in [6.07, 6.45) is 1.56. The summed E-state index contributed by atoms with van der Waals surface area (Å²) in [5.41, 5.74) is 0. The topological polar surface area (TPSA) is 46.2 Å². The maximum absolute atomic E-state index is 11.4. The van der Waals surface area contributed by atoms with Gasteiger partial charge in [-0.25, -0.2) is 13.1 Å². The van der Waals surface area contributed by atoms with Crippen LogP contribution in [0.3, 0.4) is 0 Å². The average molecular weight is 207 g/mol. The largest absolute Gasteiger partial charge is 0.215 e. The normalized spacial score (nSPS) is 14.8. The molecule has 4 heteroatoms. The monoisotopic (exact) mass is 207 g/mol. The molecule has 0 heterocycles. The third-order valence-electron chi connectivity index (χ3n) is 2.13. The summed E-state index contributed by atoms with van der Waals surface area (Å²) in [5, 5.41) is -0.278. The molecular weight excluding hydrogens is 186 g/mol. The van der Waals surface area contributed by atoms with Gasteiger partial charge in [-0.05, 0) is 25.7 Å². The van der Waals surface area contributed by atoms with Crippen LogP contribution >= 0.6 is 0 Å². The van der Waals surface area contributed by atoms with Crippen LogP contribution in [-0.4, -0.2) is 20.2 Å². The highest BCUT2D eigenvalue weighted by Gasteiger charge is 2.17. The van der Waals surface area contributed by atoms with Gasteiger partial charge in [0.1, 0.15) is 0 Å². The molecule has 0 rings (SSSR count). The van der Waals surface area contributed by atoms with E-state index in [-0.39, 0.29) is 5.25 Å². The Hall–Kier alpha value is -0.0900. The van der Waals surface area contributed by atoms with Gasteiger partial charge in [0.25, 0.3) is 0 Å². The van der Waals surface area contributed by atoms with Crippen molar-refractivity contribution < 1.29 is 8.42 Å². The van der Waals surface area contributed by atoms with Crippen molar-refractivity contribution in [3.05, 3.63) is 0 Å². The van der Waals surface area contributed by atoms with Crippen molar-refractivity contribution in [2.24, 2.45) is 5.92 Å². The molecule has 0 saturated carbocycles. The first-order valence-electron chi connectivity index (χ1n) is 4.88.